The number of aromatic nitrogens is 4. The SMILES string of the molecule is Cc1nonc1C(=O)N1CCCC(c2cc3n(n2)[C@@H](C(F)(F)F)C[C@@H](C)N3)C1. The first-order chi connectivity index (χ1) is 13.2. The van der Waals surface area contributed by atoms with Gasteiger partial charge in [-0.1, -0.05) is 5.16 Å². The Morgan fingerprint density at radius 3 is 2.82 bits per heavy atom. The topological polar surface area (TPSA) is 89.1 Å². The van der Waals surface area contributed by atoms with Gasteiger partial charge >= 0.3 is 6.18 Å². The molecule has 0 spiro atoms. The normalized spacial score (nSPS) is 25.3. The Balaban J connectivity index is 1.57. The number of carbonyl (C=O) groups is 1. The fourth-order valence-electron chi connectivity index (χ4n) is 3.95. The van der Waals surface area contributed by atoms with Gasteiger partial charge < -0.3 is 10.2 Å². The minimum Gasteiger partial charge on any atom is -0.368 e. The standard InChI is InChI=1S/C17H21F3N6O2/c1-9-6-13(17(18,19)20)26-14(21-9)7-12(22-26)11-4-3-5-25(8-11)16(27)15-10(2)23-28-24-15/h7,9,11,13,21H,3-6,8H2,1-2H3/t9-,11?,13-/m1/s1. The number of piperidine rings is 1. The molecule has 0 saturated carbocycles. The molecule has 2 aromatic rings. The Morgan fingerprint density at radius 1 is 1.36 bits per heavy atom. The van der Waals surface area contributed by atoms with Crippen LogP contribution >= 0.6 is 0 Å². The van der Waals surface area contributed by atoms with E-state index < -0.39 is 12.2 Å². The maximum Gasteiger partial charge on any atom is 0.410 e. The summed E-state index contributed by atoms with van der Waals surface area (Å²) in [6.45, 7) is 4.28. The highest BCUT2D eigenvalue weighted by molar-refractivity contribution is 5.93. The van der Waals surface area contributed by atoms with Crippen molar-refractivity contribution in [2.24, 2.45) is 0 Å². The Hall–Kier alpha value is -2.59. The minimum atomic E-state index is -4.36. The van der Waals surface area contributed by atoms with Crippen LogP contribution in [0.3, 0.4) is 0 Å². The second-order valence-corrected chi connectivity index (χ2v) is 7.53. The van der Waals surface area contributed by atoms with Gasteiger partial charge in [-0.25, -0.2) is 9.31 Å². The quantitative estimate of drug-likeness (QED) is 0.837. The number of nitrogens with zero attached hydrogens (tertiary/aromatic N) is 5. The third-order valence-corrected chi connectivity index (χ3v) is 5.38. The Labute approximate surface area is 159 Å². The highest BCUT2D eigenvalue weighted by Gasteiger charge is 2.46. The summed E-state index contributed by atoms with van der Waals surface area (Å²) in [6, 6.07) is -0.260. The van der Waals surface area contributed by atoms with E-state index in [0.717, 1.165) is 17.5 Å². The molecule has 0 aliphatic carbocycles. The van der Waals surface area contributed by atoms with Crippen LogP contribution in [-0.2, 0) is 0 Å². The second-order valence-electron chi connectivity index (χ2n) is 7.53. The molecular formula is C17H21F3N6O2. The van der Waals surface area contributed by atoms with Gasteiger partial charge in [-0.3, -0.25) is 4.79 Å². The first kappa shape index (κ1) is 18.8. The van der Waals surface area contributed by atoms with Gasteiger partial charge in [0.1, 0.15) is 11.5 Å². The molecule has 0 aromatic carbocycles. The van der Waals surface area contributed by atoms with Gasteiger partial charge in [-0.05, 0) is 38.3 Å². The maximum absolute atomic E-state index is 13.4. The van der Waals surface area contributed by atoms with Crippen LogP contribution in [0.2, 0.25) is 0 Å². The van der Waals surface area contributed by atoms with Crippen molar-refractivity contribution in [1.29, 1.82) is 0 Å². The molecule has 1 fully saturated rings. The highest BCUT2D eigenvalue weighted by Crippen LogP contribution is 2.40. The summed E-state index contributed by atoms with van der Waals surface area (Å²) >= 11 is 0. The molecule has 2 aliphatic rings. The summed E-state index contributed by atoms with van der Waals surface area (Å²) in [6.07, 6.45) is -2.94. The zero-order chi connectivity index (χ0) is 20.1. The van der Waals surface area contributed by atoms with E-state index in [2.05, 4.69) is 25.4 Å². The number of rotatable bonds is 2. The number of halogens is 3. The second kappa shape index (κ2) is 6.78. The first-order valence-electron chi connectivity index (χ1n) is 9.25. The third-order valence-electron chi connectivity index (χ3n) is 5.38. The summed E-state index contributed by atoms with van der Waals surface area (Å²) in [7, 11) is 0. The van der Waals surface area contributed by atoms with Gasteiger partial charge in [0.2, 0.25) is 0 Å². The average molecular weight is 398 g/mol. The summed E-state index contributed by atoms with van der Waals surface area (Å²) in [5.74, 6) is -0.0506. The van der Waals surface area contributed by atoms with E-state index in [1.54, 1.807) is 24.8 Å². The summed E-state index contributed by atoms with van der Waals surface area (Å²) in [4.78, 5) is 14.3. The van der Waals surface area contributed by atoms with Gasteiger partial charge in [0.15, 0.2) is 11.7 Å². The third kappa shape index (κ3) is 3.33. The summed E-state index contributed by atoms with van der Waals surface area (Å²) < 4.78 is 46.0. The number of aryl methyl sites for hydroxylation is 1. The van der Waals surface area contributed by atoms with Gasteiger partial charge in [0, 0.05) is 31.1 Å². The number of amides is 1. The molecule has 2 aromatic heterocycles. The Morgan fingerprint density at radius 2 is 2.14 bits per heavy atom. The molecule has 1 saturated heterocycles. The van der Waals surface area contributed by atoms with Gasteiger partial charge in [-0.15, -0.1) is 0 Å². The van der Waals surface area contributed by atoms with Crippen LogP contribution in [0.1, 0.15) is 60.0 Å². The number of alkyl halides is 3. The molecule has 0 radical (unpaired) electrons. The lowest BCUT2D eigenvalue weighted by Gasteiger charge is -2.32. The first-order valence-corrected chi connectivity index (χ1v) is 9.25. The van der Waals surface area contributed by atoms with Crippen LogP contribution < -0.4 is 5.32 Å². The molecule has 8 nitrogen and oxygen atoms in total. The van der Waals surface area contributed by atoms with E-state index in [0.29, 0.717) is 30.3 Å². The molecule has 1 unspecified atom stereocenters. The van der Waals surface area contributed by atoms with Crippen molar-refractivity contribution in [2.45, 2.75) is 57.3 Å². The van der Waals surface area contributed by atoms with Crippen LogP contribution in [0.4, 0.5) is 19.0 Å². The fraction of sp³-hybridized carbons (Fsp3) is 0.647. The van der Waals surface area contributed by atoms with Crippen molar-refractivity contribution in [3.05, 3.63) is 23.1 Å². The van der Waals surface area contributed by atoms with Crippen molar-refractivity contribution in [3.63, 3.8) is 0 Å². The molecule has 4 rings (SSSR count). The molecule has 1 amide bonds. The molecular weight excluding hydrogens is 377 g/mol. The molecule has 28 heavy (non-hydrogen) atoms. The number of likely N-dealkylation sites (tertiary alicyclic amines) is 1. The minimum absolute atomic E-state index is 0.0642. The molecule has 3 atom stereocenters. The number of carbonyl (C=O) groups excluding carboxylic acids is 1. The van der Waals surface area contributed by atoms with Crippen LogP contribution in [0.5, 0.6) is 0 Å². The van der Waals surface area contributed by atoms with Crippen LogP contribution in [0.15, 0.2) is 10.7 Å². The van der Waals surface area contributed by atoms with E-state index in [9.17, 15) is 18.0 Å². The Kier molecular flexibility index (Phi) is 4.54. The highest BCUT2D eigenvalue weighted by atomic mass is 19.4. The number of hydrogen-bond acceptors (Lipinski definition) is 6. The van der Waals surface area contributed by atoms with Gasteiger partial charge in [-0.2, -0.15) is 18.3 Å². The van der Waals surface area contributed by atoms with Crippen molar-refractivity contribution in [2.75, 3.05) is 18.4 Å². The average Bonchev–Trinajstić information content (AvgIpc) is 3.25. The molecule has 1 N–H and O–H groups in total. The van der Waals surface area contributed by atoms with Crippen LogP contribution in [0.25, 0.3) is 0 Å². The van der Waals surface area contributed by atoms with Crippen molar-refractivity contribution >= 4 is 11.7 Å². The zero-order valence-electron chi connectivity index (χ0n) is 15.5. The maximum atomic E-state index is 13.4. The lowest BCUT2D eigenvalue weighted by molar-refractivity contribution is -0.173. The largest absolute Gasteiger partial charge is 0.410 e. The zero-order valence-corrected chi connectivity index (χ0v) is 15.5. The molecule has 2 aliphatic heterocycles. The number of anilines is 1. The number of fused-ring (bicyclic) bond motifs is 1. The van der Waals surface area contributed by atoms with E-state index >= 15 is 0 Å². The van der Waals surface area contributed by atoms with Gasteiger partial charge in [0.05, 0.1) is 5.69 Å². The van der Waals surface area contributed by atoms with E-state index in [-0.39, 0.29) is 30.0 Å². The van der Waals surface area contributed by atoms with Crippen LogP contribution in [-0.4, -0.2) is 56.2 Å². The molecule has 11 heteroatoms. The lowest BCUT2D eigenvalue weighted by Crippen LogP contribution is -2.40. The molecule has 4 heterocycles. The fourth-order valence-corrected chi connectivity index (χ4v) is 3.95. The van der Waals surface area contributed by atoms with E-state index in [4.69, 9.17) is 0 Å². The number of nitrogens with one attached hydrogen (secondary N) is 1. The predicted molar refractivity (Wildman–Crippen MR) is 91.9 cm³/mol. The monoisotopic (exact) mass is 398 g/mol. The van der Waals surface area contributed by atoms with E-state index in [1.807, 2.05) is 0 Å². The number of hydrogen-bond donors (Lipinski definition) is 1. The van der Waals surface area contributed by atoms with Crippen molar-refractivity contribution in [3.8, 4) is 0 Å². The van der Waals surface area contributed by atoms with Gasteiger partial charge in [0.25, 0.3) is 5.91 Å². The predicted octanol–water partition coefficient (Wildman–Crippen LogP) is 2.90. The van der Waals surface area contributed by atoms with Crippen molar-refractivity contribution in [1.82, 2.24) is 25.0 Å². The molecule has 152 valence electrons. The molecule has 0 bridgehead atoms. The Bertz CT molecular complexity index is 877. The summed E-state index contributed by atoms with van der Waals surface area (Å²) in [5.41, 5.74) is 1.14. The lowest BCUT2D eigenvalue weighted by atomic mass is 9.94. The van der Waals surface area contributed by atoms with Crippen molar-refractivity contribution < 1.29 is 22.6 Å². The van der Waals surface area contributed by atoms with Crippen LogP contribution in [0, 0.1) is 6.92 Å². The smallest absolute Gasteiger partial charge is 0.368 e. The summed E-state index contributed by atoms with van der Waals surface area (Å²) in [5, 5.41) is 14.6. The van der Waals surface area contributed by atoms with E-state index in [1.165, 1.54) is 0 Å².